The molecule has 0 heterocycles. The zero-order valence-corrected chi connectivity index (χ0v) is 12.9. The number of ether oxygens (including phenoxy) is 1. The summed E-state index contributed by atoms with van der Waals surface area (Å²) >= 11 is 0. The van der Waals surface area contributed by atoms with Crippen LogP contribution < -0.4 is 10.5 Å². The highest BCUT2D eigenvalue weighted by atomic mass is 16.5. The second-order valence-corrected chi connectivity index (χ2v) is 5.18. The van der Waals surface area contributed by atoms with E-state index in [1.54, 1.807) is 0 Å². The van der Waals surface area contributed by atoms with Crippen molar-refractivity contribution in [2.24, 2.45) is 5.73 Å². The molecule has 3 nitrogen and oxygen atoms in total. The third-order valence-electron chi connectivity index (χ3n) is 4.24. The van der Waals surface area contributed by atoms with Crippen molar-refractivity contribution in [1.29, 1.82) is 0 Å². The van der Waals surface area contributed by atoms with Crippen LogP contribution in [0.15, 0.2) is 24.3 Å². The van der Waals surface area contributed by atoms with Crippen molar-refractivity contribution in [2.75, 3.05) is 20.7 Å². The van der Waals surface area contributed by atoms with Crippen LogP contribution in [0.3, 0.4) is 0 Å². The van der Waals surface area contributed by atoms with Crippen molar-refractivity contribution in [3.05, 3.63) is 29.8 Å². The van der Waals surface area contributed by atoms with Crippen LogP contribution >= 0.6 is 0 Å². The van der Waals surface area contributed by atoms with Gasteiger partial charge in [-0.15, -0.1) is 0 Å². The molecule has 0 fully saturated rings. The van der Waals surface area contributed by atoms with Gasteiger partial charge in [0.25, 0.3) is 0 Å². The maximum atomic E-state index is 6.54. The van der Waals surface area contributed by atoms with E-state index >= 15 is 0 Å². The van der Waals surface area contributed by atoms with Crippen LogP contribution in [-0.2, 0) is 0 Å². The van der Waals surface area contributed by atoms with Crippen LogP contribution in [0, 0.1) is 0 Å². The Labute approximate surface area is 117 Å². The molecule has 19 heavy (non-hydrogen) atoms. The molecule has 3 heteroatoms. The van der Waals surface area contributed by atoms with Crippen molar-refractivity contribution in [2.45, 2.75) is 45.2 Å². The molecule has 0 radical (unpaired) electrons. The molecule has 0 spiro atoms. The minimum absolute atomic E-state index is 0.00707. The first-order valence-electron chi connectivity index (χ1n) is 7.17. The van der Waals surface area contributed by atoms with Gasteiger partial charge < -0.3 is 15.4 Å². The van der Waals surface area contributed by atoms with Gasteiger partial charge in [0.15, 0.2) is 0 Å². The number of benzene rings is 1. The van der Waals surface area contributed by atoms with Crippen LogP contribution in [-0.4, -0.2) is 31.1 Å². The van der Waals surface area contributed by atoms with Gasteiger partial charge in [0.2, 0.25) is 0 Å². The van der Waals surface area contributed by atoms with Crippen molar-refractivity contribution in [3.63, 3.8) is 0 Å². The van der Waals surface area contributed by atoms with E-state index in [0.717, 1.165) is 18.6 Å². The zero-order valence-electron chi connectivity index (χ0n) is 12.9. The number of nitrogens with zero attached hydrogens (tertiary/aromatic N) is 1. The van der Waals surface area contributed by atoms with E-state index in [1.165, 1.54) is 5.56 Å². The summed E-state index contributed by atoms with van der Waals surface area (Å²) in [4.78, 5) is 2.26. The second kappa shape index (κ2) is 6.92. The molecule has 1 unspecified atom stereocenters. The quantitative estimate of drug-likeness (QED) is 0.822. The van der Waals surface area contributed by atoms with Crippen molar-refractivity contribution >= 4 is 0 Å². The lowest BCUT2D eigenvalue weighted by molar-refractivity contribution is 0.106. The predicted molar refractivity (Wildman–Crippen MR) is 81.5 cm³/mol. The Balaban J connectivity index is 2.99. The van der Waals surface area contributed by atoms with E-state index in [2.05, 4.69) is 45.0 Å². The average molecular weight is 264 g/mol. The lowest BCUT2D eigenvalue weighted by atomic mass is 9.80. The number of nitrogens with two attached hydrogens (primary N) is 1. The molecule has 0 saturated heterocycles. The summed E-state index contributed by atoms with van der Waals surface area (Å²) in [7, 11) is 4.23. The summed E-state index contributed by atoms with van der Waals surface area (Å²) < 4.78 is 5.48. The first-order chi connectivity index (χ1) is 9.01. The number of hydrogen-bond acceptors (Lipinski definition) is 3. The summed E-state index contributed by atoms with van der Waals surface area (Å²) in [6, 6.07) is 8.18. The van der Waals surface area contributed by atoms with Gasteiger partial charge in [-0.1, -0.05) is 26.0 Å². The van der Waals surface area contributed by atoms with E-state index in [0.29, 0.717) is 6.61 Å². The highest BCUT2D eigenvalue weighted by Gasteiger charge is 2.36. The molecule has 1 aromatic rings. The fraction of sp³-hybridized carbons (Fsp3) is 0.625. The van der Waals surface area contributed by atoms with Gasteiger partial charge >= 0.3 is 0 Å². The Morgan fingerprint density at radius 3 is 2.00 bits per heavy atom. The smallest absolute Gasteiger partial charge is 0.119 e. The maximum Gasteiger partial charge on any atom is 0.119 e. The molecule has 108 valence electrons. The van der Waals surface area contributed by atoms with Gasteiger partial charge in [-0.05, 0) is 51.6 Å². The predicted octanol–water partition coefficient (Wildman–Crippen LogP) is 3.21. The maximum absolute atomic E-state index is 6.54. The number of rotatable bonds is 7. The molecule has 0 aromatic heterocycles. The van der Waals surface area contributed by atoms with Gasteiger partial charge in [-0.25, -0.2) is 0 Å². The Bertz CT molecular complexity index is 369. The van der Waals surface area contributed by atoms with E-state index < -0.39 is 0 Å². The monoisotopic (exact) mass is 264 g/mol. The normalized spacial score (nSPS) is 13.6. The molecular formula is C16H28N2O. The highest BCUT2D eigenvalue weighted by Crippen LogP contribution is 2.34. The molecule has 0 amide bonds. The van der Waals surface area contributed by atoms with Gasteiger partial charge in [-0.2, -0.15) is 0 Å². The minimum atomic E-state index is 0.00707. The van der Waals surface area contributed by atoms with Gasteiger partial charge in [-0.3, -0.25) is 0 Å². The third kappa shape index (κ3) is 3.28. The molecule has 2 N–H and O–H groups in total. The topological polar surface area (TPSA) is 38.5 Å². The number of hydrogen-bond donors (Lipinski definition) is 1. The van der Waals surface area contributed by atoms with Crippen molar-refractivity contribution < 1.29 is 4.74 Å². The standard InChI is InChI=1S/C16H28N2O/c1-6-16(7-2,18(4)5)15(17)13-9-11-14(12-10-13)19-8-3/h9-12,15H,6-8,17H2,1-5H3. The van der Waals surface area contributed by atoms with Crippen LogP contribution in [0.4, 0.5) is 0 Å². The fourth-order valence-electron chi connectivity index (χ4n) is 2.85. The summed E-state index contributed by atoms with van der Waals surface area (Å²) in [5, 5.41) is 0. The molecule has 0 aliphatic carbocycles. The van der Waals surface area contributed by atoms with E-state index in [9.17, 15) is 0 Å². The first kappa shape index (κ1) is 16.0. The summed E-state index contributed by atoms with van der Waals surface area (Å²) in [6.45, 7) is 7.09. The molecule has 0 saturated carbocycles. The fourth-order valence-corrected chi connectivity index (χ4v) is 2.85. The van der Waals surface area contributed by atoms with Crippen molar-refractivity contribution in [1.82, 2.24) is 4.90 Å². The van der Waals surface area contributed by atoms with Crippen molar-refractivity contribution in [3.8, 4) is 5.75 Å². The molecule has 1 rings (SSSR count). The molecule has 0 bridgehead atoms. The van der Waals surface area contributed by atoms with Crippen LogP contribution in [0.25, 0.3) is 0 Å². The molecular weight excluding hydrogens is 236 g/mol. The summed E-state index contributed by atoms with van der Waals surface area (Å²) in [5.41, 5.74) is 7.71. The lowest BCUT2D eigenvalue weighted by Gasteiger charge is -2.43. The Morgan fingerprint density at radius 2 is 1.63 bits per heavy atom. The molecule has 1 aromatic carbocycles. The van der Waals surface area contributed by atoms with Gasteiger partial charge in [0.1, 0.15) is 5.75 Å². The van der Waals surface area contributed by atoms with E-state index in [1.807, 2.05) is 19.1 Å². The molecule has 0 aliphatic rings. The van der Waals surface area contributed by atoms with Crippen LogP contribution in [0.2, 0.25) is 0 Å². The van der Waals surface area contributed by atoms with E-state index in [4.69, 9.17) is 10.5 Å². The minimum Gasteiger partial charge on any atom is -0.494 e. The SMILES string of the molecule is CCOc1ccc(C(N)C(CC)(CC)N(C)C)cc1. The van der Waals surface area contributed by atoms with E-state index in [-0.39, 0.29) is 11.6 Å². The number of likely N-dealkylation sites (N-methyl/N-ethyl adjacent to an activating group) is 1. The summed E-state index contributed by atoms with van der Waals surface area (Å²) in [5.74, 6) is 0.905. The van der Waals surface area contributed by atoms with Gasteiger partial charge in [0.05, 0.1) is 6.61 Å². The third-order valence-corrected chi connectivity index (χ3v) is 4.24. The lowest BCUT2D eigenvalue weighted by Crippen LogP contribution is -2.51. The highest BCUT2D eigenvalue weighted by molar-refractivity contribution is 5.31. The Kier molecular flexibility index (Phi) is 5.83. The Morgan fingerprint density at radius 1 is 1.11 bits per heavy atom. The summed E-state index contributed by atoms with van der Waals surface area (Å²) in [6.07, 6.45) is 2.07. The molecule has 1 atom stereocenters. The Hall–Kier alpha value is -1.06. The van der Waals surface area contributed by atoms with Crippen LogP contribution in [0.1, 0.15) is 45.2 Å². The van der Waals surface area contributed by atoms with Gasteiger partial charge in [0, 0.05) is 11.6 Å². The average Bonchev–Trinajstić information content (AvgIpc) is 2.41. The van der Waals surface area contributed by atoms with Crippen LogP contribution in [0.5, 0.6) is 5.75 Å². The first-order valence-corrected chi connectivity index (χ1v) is 7.17. The second-order valence-electron chi connectivity index (χ2n) is 5.18. The largest absolute Gasteiger partial charge is 0.494 e. The zero-order chi connectivity index (χ0) is 14.5. The molecule has 0 aliphatic heterocycles.